The summed E-state index contributed by atoms with van der Waals surface area (Å²) in [6.45, 7) is 2.56. The van der Waals surface area contributed by atoms with Gasteiger partial charge in [0, 0.05) is 13.0 Å². The Kier molecular flexibility index (Phi) is 5.41. The number of carboxylic acids is 1. The molecule has 2 atom stereocenters. The lowest BCUT2D eigenvalue weighted by Crippen LogP contribution is -2.41. The molecule has 1 saturated heterocycles. The van der Waals surface area contributed by atoms with Crippen molar-refractivity contribution in [1.82, 2.24) is 4.90 Å². The monoisotopic (exact) mass is 305 g/mol. The van der Waals surface area contributed by atoms with E-state index >= 15 is 0 Å². The van der Waals surface area contributed by atoms with Gasteiger partial charge in [-0.2, -0.15) is 0 Å². The Hall–Kier alpha value is -2.04. The van der Waals surface area contributed by atoms with Crippen molar-refractivity contribution in [1.29, 1.82) is 0 Å². The van der Waals surface area contributed by atoms with Crippen molar-refractivity contribution < 1.29 is 19.4 Å². The molecule has 0 radical (unpaired) electrons. The van der Waals surface area contributed by atoms with E-state index in [1.807, 2.05) is 31.2 Å². The second-order valence-corrected chi connectivity index (χ2v) is 5.91. The number of methoxy groups -OCH3 is 1. The lowest BCUT2D eigenvalue weighted by atomic mass is 9.96. The number of carbonyl (C=O) groups is 2. The summed E-state index contributed by atoms with van der Waals surface area (Å²) in [5.41, 5.74) is 1.07. The molecule has 1 amide bonds. The first-order valence-electron chi connectivity index (χ1n) is 7.67. The number of nitrogens with zero attached hydrogens (tertiary/aromatic N) is 1. The van der Waals surface area contributed by atoms with Crippen molar-refractivity contribution >= 4 is 11.9 Å². The normalized spacial score (nSPS) is 19.0. The second kappa shape index (κ2) is 7.29. The van der Waals surface area contributed by atoms with Crippen molar-refractivity contribution in [3.8, 4) is 5.75 Å². The van der Waals surface area contributed by atoms with E-state index in [1.54, 1.807) is 7.11 Å². The highest BCUT2D eigenvalue weighted by atomic mass is 16.5. The second-order valence-electron chi connectivity index (χ2n) is 5.91. The number of aliphatic carboxylic acids is 1. The van der Waals surface area contributed by atoms with Crippen LogP contribution in [0.5, 0.6) is 5.75 Å². The van der Waals surface area contributed by atoms with Gasteiger partial charge in [0.05, 0.1) is 7.11 Å². The molecule has 0 spiro atoms. The Balaban J connectivity index is 1.95. The van der Waals surface area contributed by atoms with E-state index in [2.05, 4.69) is 0 Å². The Morgan fingerprint density at radius 1 is 1.41 bits per heavy atom. The molecular weight excluding hydrogens is 282 g/mol. The van der Waals surface area contributed by atoms with Gasteiger partial charge in [-0.3, -0.25) is 4.79 Å². The molecule has 1 heterocycles. The van der Waals surface area contributed by atoms with Crippen LogP contribution < -0.4 is 4.74 Å². The predicted molar refractivity (Wildman–Crippen MR) is 82.8 cm³/mol. The van der Waals surface area contributed by atoms with Crippen LogP contribution in [0.3, 0.4) is 0 Å². The van der Waals surface area contributed by atoms with Gasteiger partial charge in [0.15, 0.2) is 0 Å². The lowest BCUT2D eigenvalue weighted by Gasteiger charge is -2.23. The summed E-state index contributed by atoms with van der Waals surface area (Å²) in [5.74, 6) is 0.000702. The molecule has 1 N–H and O–H groups in total. The van der Waals surface area contributed by atoms with Crippen LogP contribution in [0.2, 0.25) is 0 Å². The quantitative estimate of drug-likeness (QED) is 0.876. The number of carbonyl (C=O) groups excluding carboxylic acids is 1. The van der Waals surface area contributed by atoms with Crippen LogP contribution in [-0.2, 0) is 16.0 Å². The number of rotatable bonds is 6. The molecule has 120 valence electrons. The highest BCUT2D eigenvalue weighted by Crippen LogP contribution is 2.24. The van der Waals surface area contributed by atoms with Gasteiger partial charge in [-0.25, -0.2) is 4.79 Å². The molecule has 2 rings (SSSR count). The van der Waals surface area contributed by atoms with Crippen LogP contribution in [0.15, 0.2) is 24.3 Å². The first kappa shape index (κ1) is 16.3. The van der Waals surface area contributed by atoms with Gasteiger partial charge < -0.3 is 14.7 Å². The number of hydrogen-bond acceptors (Lipinski definition) is 3. The SMILES string of the molecule is COc1ccccc1C[C@@H](C)CC(=O)N1CCC[C@@H]1C(=O)O. The standard InChI is InChI=1S/C17H23NO4/c1-12(10-13-6-3-4-8-15(13)22-2)11-16(19)18-9-5-7-14(18)17(20)21/h3-4,6,8,12,14H,5,7,9-11H2,1-2H3,(H,20,21)/t12-,14-/m1/s1. The Morgan fingerprint density at radius 2 is 2.14 bits per heavy atom. The zero-order valence-electron chi connectivity index (χ0n) is 13.1. The maximum atomic E-state index is 12.3. The molecule has 0 saturated carbocycles. The topological polar surface area (TPSA) is 66.8 Å². The fourth-order valence-corrected chi connectivity index (χ4v) is 3.06. The third-order valence-corrected chi connectivity index (χ3v) is 4.14. The Labute approximate surface area is 130 Å². The van der Waals surface area contributed by atoms with E-state index < -0.39 is 12.0 Å². The highest BCUT2D eigenvalue weighted by molar-refractivity contribution is 5.84. The van der Waals surface area contributed by atoms with Gasteiger partial charge >= 0.3 is 5.97 Å². The molecule has 0 unspecified atom stereocenters. The molecule has 1 fully saturated rings. The molecule has 1 aliphatic rings. The van der Waals surface area contributed by atoms with Crippen LogP contribution >= 0.6 is 0 Å². The maximum Gasteiger partial charge on any atom is 0.326 e. The molecule has 22 heavy (non-hydrogen) atoms. The lowest BCUT2D eigenvalue weighted by molar-refractivity contribution is -0.148. The van der Waals surface area contributed by atoms with Crippen molar-refractivity contribution in [2.24, 2.45) is 5.92 Å². The minimum absolute atomic E-state index is 0.0627. The summed E-state index contributed by atoms with van der Waals surface area (Å²) < 4.78 is 5.33. The maximum absolute atomic E-state index is 12.3. The summed E-state index contributed by atoms with van der Waals surface area (Å²) in [5, 5.41) is 9.16. The van der Waals surface area contributed by atoms with Crippen LogP contribution in [0.25, 0.3) is 0 Å². The van der Waals surface area contributed by atoms with Crippen LogP contribution in [0.1, 0.15) is 31.7 Å². The number of para-hydroxylation sites is 1. The molecule has 5 nitrogen and oxygen atoms in total. The van der Waals surface area contributed by atoms with Crippen molar-refractivity contribution in [2.45, 2.75) is 38.6 Å². The van der Waals surface area contributed by atoms with Crippen molar-refractivity contribution in [3.05, 3.63) is 29.8 Å². The van der Waals surface area contributed by atoms with Gasteiger partial charge in [-0.1, -0.05) is 25.1 Å². The highest BCUT2D eigenvalue weighted by Gasteiger charge is 2.34. The molecule has 0 aromatic heterocycles. The molecule has 0 bridgehead atoms. The van der Waals surface area contributed by atoms with Crippen molar-refractivity contribution in [3.63, 3.8) is 0 Å². The number of hydrogen-bond donors (Lipinski definition) is 1. The minimum atomic E-state index is -0.900. The van der Waals surface area contributed by atoms with Crippen LogP contribution in [0, 0.1) is 5.92 Å². The molecule has 0 aliphatic carbocycles. The molecule has 1 aromatic rings. The van der Waals surface area contributed by atoms with Gasteiger partial charge in [0.1, 0.15) is 11.8 Å². The zero-order chi connectivity index (χ0) is 16.1. The molecule has 1 aliphatic heterocycles. The third-order valence-electron chi connectivity index (χ3n) is 4.14. The summed E-state index contributed by atoms with van der Waals surface area (Å²) in [4.78, 5) is 25.0. The summed E-state index contributed by atoms with van der Waals surface area (Å²) >= 11 is 0. The van der Waals surface area contributed by atoms with Gasteiger partial charge in [-0.15, -0.1) is 0 Å². The van der Waals surface area contributed by atoms with E-state index in [4.69, 9.17) is 9.84 Å². The fraction of sp³-hybridized carbons (Fsp3) is 0.529. The fourth-order valence-electron chi connectivity index (χ4n) is 3.06. The minimum Gasteiger partial charge on any atom is -0.496 e. The van der Waals surface area contributed by atoms with Crippen LogP contribution in [-0.4, -0.2) is 41.6 Å². The number of carboxylic acid groups (broad SMARTS) is 1. The Bertz CT molecular complexity index is 543. The van der Waals surface area contributed by atoms with E-state index in [0.717, 1.165) is 24.2 Å². The number of likely N-dealkylation sites (tertiary alicyclic amines) is 1. The number of ether oxygens (including phenoxy) is 1. The first-order chi connectivity index (χ1) is 10.5. The molecule has 5 heteroatoms. The van der Waals surface area contributed by atoms with E-state index in [-0.39, 0.29) is 11.8 Å². The van der Waals surface area contributed by atoms with E-state index in [9.17, 15) is 9.59 Å². The first-order valence-corrected chi connectivity index (χ1v) is 7.67. The summed E-state index contributed by atoms with van der Waals surface area (Å²) in [6.07, 6.45) is 2.43. The number of amides is 1. The van der Waals surface area contributed by atoms with E-state index in [0.29, 0.717) is 19.4 Å². The predicted octanol–water partition coefficient (Wildman–Crippen LogP) is 2.34. The largest absolute Gasteiger partial charge is 0.496 e. The summed E-state index contributed by atoms with van der Waals surface area (Å²) in [6, 6.07) is 7.12. The van der Waals surface area contributed by atoms with Gasteiger partial charge in [0.2, 0.25) is 5.91 Å². The Morgan fingerprint density at radius 3 is 2.82 bits per heavy atom. The molecular formula is C17H23NO4. The average Bonchev–Trinajstić information content (AvgIpc) is 2.97. The smallest absolute Gasteiger partial charge is 0.326 e. The van der Waals surface area contributed by atoms with Gasteiger partial charge in [-0.05, 0) is 36.8 Å². The van der Waals surface area contributed by atoms with Crippen LogP contribution in [0.4, 0.5) is 0 Å². The zero-order valence-corrected chi connectivity index (χ0v) is 13.1. The number of benzene rings is 1. The third kappa shape index (κ3) is 3.78. The van der Waals surface area contributed by atoms with Gasteiger partial charge in [0.25, 0.3) is 0 Å². The van der Waals surface area contributed by atoms with Crippen molar-refractivity contribution in [2.75, 3.05) is 13.7 Å². The average molecular weight is 305 g/mol. The summed E-state index contributed by atoms with van der Waals surface area (Å²) in [7, 11) is 1.64. The van der Waals surface area contributed by atoms with E-state index in [1.165, 1.54) is 4.90 Å². The molecule has 1 aromatic carbocycles.